The number of carbonyl (C=O) groups is 2. The molecule has 0 aromatic heterocycles. The Morgan fingerprint density at radius 3 is 0.904 bits per heavy atom. The highest BCUT2D eigenvalue weighted by molar-refractivity contribution is 7.45. The van der Waals surface area contributed by atoms with E-state index in [1.54, 1.807) is 0 Å². The number of hydrogen-bond donors (Lipinski definition) is 0. The highest BCUT2D eigenvalue weighted by atomic mass is 31.2. The second-order valence-electron chi connectivity index (χ2n) is 27.7. The molecule has 2 unspecified atom stereocenters. The normalized spacial score (nSPS) is 13.6. The zero-order chi connectivity index (χ0) is 68.3. The van der Waals surface area contributed by atoms with Crippen LogP contribution in [-0.2, 0) is 32.7 Å². The van der Waals surface area contributed by atoms with E-state index < -0.39 is 26.5 Å². The van der Waals surface area contributed by atoms with Crippen molar-refractivity contribution in [3.05, 3.63) is 109 Å². The summed E-state index contributed by atoms with van der Waals surface area (Å²) in [6.07, 6.45) is 105. The van der Waals surface area contributed by atoms with Crippen LogP contribution in [0.4, 0.5) is 0 Å². The summed E-state index contributed by atoms with van der Waals surface area (Å²) in [6.45, 7) is 4.16. The Balaban J connectivity index is 3.94. The van der Waals surface area contributed by atoms with E-state index in [-0.39, 0.29) is 32.0 Å². The van der Waals surface area contributed by atoms with Crippen LogP contribution in [0.15, 0.2) is 109 Å². The van der Waals surface area contributed by atoms with Gasteiger partial charge in [0.1, 0.15) is 19.8 Å². The van der Waals surface area contributed by atoms with Crippen molar-refractivity contribution in [3.63, 3.8) is 0 Å². The first-order chi connectivity index (χ1) is 46.0. The number of likely N-dealkylation sites (N-methyl/N-ethyl adjacent to an activating group) is 1. The van der Waals surface area contributed by atoms with Crippen LogP contribution in [0.1, 0.15) is 361 Å². The predicted molar refractivity (Wildman–Crippen MR) is 406 cm³/mol. The number of esters is 2. The van der Waals surface area contributed by atoms with Crippen LogP contribution in [0.25, 0.3) is 0 Å². The Bertz CT molecular complexity index is 1960. The molecule has 0 aliphatic heterocycles. The zero-order valence-corrected chi connectivity index (χ0v) is 63.0. The smallest absolute Gasteiger partial charge is 0.306 e. The molecule has 0 rings (SSSR count). The van der Waals surface area contributed by atoms with Crippen LogP contribution in [0, 0.1) is 0 Å². The van der Waals surface area contributed by atoms with Crippen molar-refractivity contribution >= 4 is 19.8 Å². The summed E-state index contributed by atoms with van der Waals surface area (Å²) in [4.78, 5) is 38.2. The van der Waals surface area contributed by atoms with Gasteiger partial charge in [0.25, 0.3) is 7.82 Å². The maximum atomic E-state index is 12.9. The molecule has 0 aromatic rings. The third kappa shape index (κ3) is 77.7. The quantitative estimate of drug-likeness (QED) is 0.0195. The highest BCUT2D eigenvalue weighted by Gasteiger charge is 2.22. The van der Waals surface area contributed by atoms with Crippen molar-refractivity contribution in [2.45, 2.75) is 367 Å². The largest absolute Gasteiger partial charge is 0.756 e. The minimum absolute atomic E-state index is 0.0319. The number of quaternary nitrogens is 1. The molecular formula is C84H150NO8P. The first-order valence-corrected chi connectivity index (χ1v) is 41.1. The summed E-state index contributed by atoms with van der Waals surface area (Å²) < 4.78 is 34.4. The van der Waals surface area contributed by atoms with Gasteiger partial charge >= 0.3 is 11.9 Å². The van der Waals surface area contributed by atoms with Crippen LogP contribution in [0.5, 0.6) is 0 Å². The van der Waals surface area contributed by atoms with E-state index >= 15 is 0 Å². The minimum atomic E-state index is -4.65. The molecule has 0 N–H and O–H groups in total. The predicted octanol–water partition coefficient (Wildman–Crippen LogP) is 25.8. The van der Waals surface area contributed by atoms with Crippen LogP contribution in [-0.4, -0.2) is 70.0 Å². The number of rotatable bonds is 73. The van der Waals surface area contributed by atoms with E-state index in [0.717, 1.165) is 89.9 Å². The lowest BCUT2D eigenvalue weighted by Gasteiger charge is -2.28. The molecule has 0 bridgehead atoms. The van der Waals surface area contributed by atoms with Gasteiger partial charge in [-0.15, -0.1) is 0 Å². The zero-order valence-electron chi connectivity index (χ0n) is 62.1. The lowest BCUT2D eigenvalue weighted by molar-refractivity contribution is -0.870. The lowest BCUT2D eigenvalue weighted by atomic mass is 10.0. The van der Waals surface area contributed by atoms with Crippen molar-refractivity contribution in [2.75, 3.05) is 47.5 Å². The summed E-state index contributed by atoms with van der Waals surface area (Å²) in [5.74, 6) is -0.820. The van der Waals surface area contributed by atoms with Gasteiger partial charge in [0, 0.05) is 12.8 Å². The second kappa shape index (κ2) is 73.9. The summed E-state index contributed by atoms with van der Waals surface area (Å²) in [5.41, 5.74) is 0. The molecule has 0 spiro atoms. The number of hydrogen-bond acceptors (Lipinski definition) is 8. The van der Waals surface area contributed by atoms with Crippen molar-refractivity contribution in [1.29, 1.82) is 0 Å². The highest BCUT2D eigenvalue weighted by Crippen LogP contribution is 2.38. The van der Waals surface area contributed by atoms with E-state index in [4.69, 9.17) is 18.5 Å². The van der Waals surface area contributed by atoms with Gasteiger partial charge < -0.3 is 27.9 Å². The fourth-order valence-electron chi connectivity index (χ4n) is 11.3. The van der Waals surface area contributed by atoms with Gasteiger partial charge in [-0.2, -0.15) is 0 Å². The summed E-state index contributed by atoms with van der Waals surface area (Å²) in [7, 11) is 1.17. The Morgan fingerprint density at radius 1 is 0.340 bits per heavy atom. The van der Waals surface area contributed by atoms with Gasteiger partial charge in [0.15, 0.2) is 6.10 Å². The molecule has 544 valence electrons. The number of allylic oxidation sites excluding steroid dienone is 18. The van der Waals surface area contributed by atoms with Gasteiger partial charge in [-0.3, -0.25) is 14.2 Å². The maximum Gasteiger partial charge on any atom is 0.306 e. The molecule has 0 radical (unpaired) electrons. The molecule has 2 atom stereocenters. The number of ether oxygens (including phenoxy) is 2. The molecule has 9 nitrogen and oxygen atoms in total. The number of carbonyl (C=O) groups excluding carboxylic acids is 2. The molecule has 0 aromatic carbocycles. The average molecular weight is 1330 g/mol. The van der Waals surface area contributed by atoms with Crippen molar-refractivity contribution in [3.8, 4) is 0 Å². The Kier molecular flexibility index (Phi) is 71.3. The minimum Gasteiger partial charge on any atom is -0.756 e. The standard InChI is InChI=1S/C84H150NO8P/c1-6-8-10-12-14-16-18-20-22-24-26-28-30-32-34-36-37-38-39-40-41-42-43-44-45-46-47-49-51-53-55-57-59-61-63-65-67-69-71-73-75-77-84(87)93-82(81-92-94(88,89)91-79-78-85(3,4)5)80-90-83(86)76-74-72-70-68-66-64-62-60-58-56-54-52-50-48-35-33-31-29-27-25-23-21-19-17-15-13-11-9-7-2/h8,10,14,16,19-22,25-28,31-34,37-38,82H,6-7,9,11-13,15,17-18,23-24,29-30,35-36,39-81H2,1-5H3/b10-8-,16-14-,21-19-,22-20-,27-25-,28-26-,33-31-,34-32-,38-37-. The van der Waals surface area contributed by atoms with Gasteiger partial charge in [0.2, 0.25) is 0 Å². The number of nitrogens with zero attached hydrogens (tertiary/aromatic N) is 1. The van der Waals surface area contributed by atoms with E-state index in [9.17, 15) is 19.0 Å². The summed E-state index contributed by atoms with van der Waals surface area (Å²) >= 11 is 0. The average Bonchev–Trinajstić information content (AvgIpc) is 1.57. The lowest BCUT2D eigenvalue weighted by Crippen LogP contribution is -2.37. The third-order valence-corrected chi connectivity index (χ3v) is 18.2. The van der Waals surface area contributed by atoms with Crippen molar-refractivity contribution in [1.82, 2.24) is 0 Å². The first kappa shape index (κ1) is 90.7. The van der Waals surface area contributed by atoms with Crippen LogP contribution < -0.4 is 4.89 Å². The molecule has 0 amide bonds. The van der Waals surface area contributed by atoms with E-state index in [2.05, 4.69) is 123 Å². The fourth-order valence-corrected chi connectivity index (χ4v) is 12.0. The maximum absolute atomic E-state index is 12.9. The number of phosphoric acid groups is 1. The Morgan fingerprint density at radius 2 is 0.606 bits per heavy atom. The molecule has 10 heteroatoms. The molecular weight excluding hydrogens is 1180 g/mol. The molecule has 0 heterocycles. The van der Waals surface area contributed by atoms with Gasteiger partial charge in [0.05, 0.1) is 27.7 Å². The molecule has 0 aliphatic carbocycles. The number of unbranched alkanes of at least 4 members (excludes halogenated alkanes) is 41. The van der Waals surface area contributed by atoms with Crippen LogP contribution in [0.2, 0.25) is 0 Å². The van der Waals surface area contributed by atoms with Crippen LogP contribution >= 0.6 is 7.82 Å². The van der Waals surface area contributed by atoms with E-state index in [0.29, 0.717) is 17.4 Å². The van der Waals surface area contributed by atoms with Crippen molar-refractivity contribution < 1.29 is 42.1 Å². The van der Waals surface area contributed by atoms with E-state index in [1.165, 1.54) is 238 Å². The Hall–Kier alpha value is -3.33. The SMILES string of the molecule is CC/C=C\C/C=C\C/C=C\C/C=C\C/C=C\C/C=C\CCCCCCCCCCCCCCCCCCCCCCCCC(=O)OC(COC(=O)CCCCCCCCCCCCCCCC/C=C\C/C=C\C/C=C\CCCCCCC)COP(=O)([O-])OCC[N+](C)(C)C. The molecule has 0 fully saturated rings. The second-order valence-corrected chi connectivity index (χ2v) is 29.1. The molecule has 0 aliphatic rings. The topological polar surface area (TPSA) is 111 Å². The van der Waals surface area contributed by atoms with Crippen LogP contribution in [0.3, 0.4) is 0 Å². The molecule has 0 saturated carbocycles. The summed E-state index contributed by atoms with van der Waals surface area (Å²) in [5, 5.41) is 0. The number of phosphoric ester groups is 1. The summed E-state index contributed by atoms with van der Waals surface area (Å²) in [6, 6.07) is 0. The third-order valence-electron chi connectivity index (χ3n) is 17.3. The fraction of sp³-hybridized carbons (Fsp3) is 0.762. The molecule has 94 heavy (non-hydrogen) atoms. The van der Waals surface area contributed by atoms with Gasteiger partial charge in [-0.25, -0.2) is 0 Å². The molecule has 0 saturated heterocycles. The Labute approximate surface area is 582 Å². The van der Waals surface area contributed by atoms with Crippen molar-refractivity contribution in [2.24, 2.45) is 0 Å². The first-order valence-electron chi connectivity index (χ1n) is 39.6. The van der Waals surface area contributed by atoms with Gasteiger partial charge in [-0.1, -0.05) is 354 Å². The van der Waals surface area contributed by atoms with Gasteiger partial charge in [-0.05, 0) is 103 Å². The van der Waals surface area contributed by atoms with E-state index in [1.807, 2.05) is 21.1 Å². The monoisotopic (exact) mass is 1330 g/mol.